The molecule has 4 rings (SSSR count). The van der Waals surface area contributed by atoms with Crippen LogP contribution in [-0.4, -0.2) is 16.7 Å². The predicted octanol–water partition coefficient (Wildman–Crippen LogP) is 5.36. The van der Waals surface area contributed by atoms with E-state index >= 15 is 0 Å². The van der Waals surface area contributed by atoms with Gasteiger partial charge in [0.1, 0.15) is 5.75 Å². The third kappa shape index (κ3) is 2.16. The molecule has 24 heavy (non-hydrogen) atoms. The molecule has 0 aliphatic heterocycles. The van der Waals surface area contributed by atoms with Gasteiger partial charge in [-0.1, -0.05) is 23.7 Å². The molecule has 2 heterocycles. The molecule has 0 saturated carbocycles. The van der Waals surface area contributed by atoms with Gasteiger partial charge in [0.05, 0.1) is 23.8 Å². The highest BCUT2D eigenvalue weighted by Crippen LogP contribution is 2.38. The van der Waals surface area contributed by atoms with Crippen molar-refractivity contribution in [3.63, 3.8) is 0 Å². The Bertz CT molecular complexity index is 1060. The number of aromatic nitrogens is 2. The Labute approximate surface area is 145 Å². The van der Waals surface area contributed by atoms with Gasteiger partial charge in [0.2, 0.25) is 0 Å². The first kappa shape index (κ1) is 15.0. The van der Waals surface area contributed by atoms with Gasteiger partial charge >= 0.3 is 0 Å². The van der Waals surface area contributed by atoms with Crippen molar-refractivity contribution in [3.8, 4) is 16.9 Å². The molecule has 2 aromatic carbocycles. The number of fused-ring (bicyclic) bond motifs is 3. The van der Waals surface area contributed by atoms with E-state index in [4.69, 9.17) is 16.3 Å². The summed E-state index contributed by atoms with van der Waals surface area (Å²) in [6, 6.07) is 14.2. The van der Waals surface area contributed by atoms with Crippen LogP contribution in [0.2, 0.25) is 5.02 Å². The Hall–Kier alpha value is -2.52. The molecule has 0 aliphatic carbocycles. The Morgan fingerprint density at radius 3 is 2.46 bits per heavy atom. The summed E-state index contributed by atoms with van der Waals surface area (Å²) in [5.74, 6) is 0.842. The largest absolute Gasteiger partial charge is 0.497 e. The maximum absolute atomic E-state index is 6.43. The number of ether oxygens (including phenoxy) is 1. The van der Waals surface area contributed by atoms with Gasteiger partial charge in [-0.2, -0.15) is 0 Å². The van der Waals surface area contributed by atoms with Crippen LogP contribution in [0.4, 0.5) is 0 Å². The summed E-state index contributed by atoms with van der Waals surface area (Å²) < 4.78 is 7.48. The van der Waals surface area contributed by atoms with Gasteiger partial charge < -0.3 is 9.30 Å². The number of nitrogens with zero attached hydrogens (tertiary/aromatic N) is 2. The summed E-state index contributed by atoms with van der Waals surface area (Å²) in [6.45, 7) is 2.04. The van der Waals surface area contributed by atoms with E-state index in [9.17, 15) is 0 Å². The normalized spacial score (nSPS) is 11.3. The first-order valence-corrected chi connectivity index (χ1v) is 8.15. The minimum atomic E-state index is 0.732. The van der Waals surface area contributed by atoms with Gasteiger partial charge in [-0.15, -0.1) is 0 Å². The monoisotopic (exact) mass is 336 g/mol. The lowest BCUT2D eigenvalue weighted by Gasteiger charge is -2.09. The first-order valence-electron chi connectivity index (χ1n) is 7.78. The molecule has 4 aromatic rings. The molecule has 0 radical (unpaired) electrons. The van der Waals surface area contributed by atoms with Crippen molar-refractivity contribution in [1.29, 1.82) is 0 Å². The number of hydrogen-bond donors (Lipinski definition) is 0. The fourth-order valence-corrected chi connectivity index (χ4v) is 3.69. The average Bonchev–Trinajstić information content (AvgIpc) is 2.88. The SMILES string of the molecule is COc1ccc(-c2cc(Cl)cc3c4ccnc(C)c4n(C)c23)cc1. The number of methoxy groups -OCH3 is 1. The lowest BCUT2D eigenvalue weighted by Crippen LogP contribution is -1.93. The van der Waals surface area contributed by atoms with E-state index in [0.29, 0.717) is 0 Å². The molecule has 120 valence electrons. The number of hydrogen-bond acceptors (Lipinski definition) is 2. The summed E-state index contributed by atoms with van der Waals surface area (Å²) in [6.07, 6.45) is 1.85. The Kier molecular flexibility index (Phi) is 3.47. The van der Waals surface area contributed by atoms with Crippen LogP contribution in [0.3, 0.4) is 0 Å². The second kappa shape index (κ2) is 5.53. The van der Waals surface area contributed by atoms with Gasteiger partial charge in [-0.25, -0.2) is 0 Å². The molecule has 0 saturated heterocycles. The lowest BCUT2D eigenvalue weighted by atomic mass is 10.0. The molecular formula is C20H17ClN2O. The summed E-state index contributed by atoms with van der Waals surface area (Å²) in [7, 11) is 3.76. The molecule has 0 amide bonds. The molecule has 0 N–H and O–H groups in total. The van der Waals surface area contributed by atoms with E-state index in [0.717, 1.165) is 44.0 Å². The molecule has 2 aromatic heterocycles. The van der Waals surface area contributed by atoms with Crippen LogP contribution in [0.25, 0.3) is 32.9 Å². The summed E-state index contributed by atoms with van der Waals surface area (Å²) in [5, 5.41) is 3.06. The highest BCUT2D eigenvalue weighted by Gasteiger charge is 2.16. The van der Waals surface area contributed by atoms with Crippen LogP contribution in [0.1, 0.15) is 5.69 Å². The quantitative estimate of drug-likeness (QED) is 0.492. The number of benzene rings is 2. The molecule has 0 bridgehead atoms. The maximum atomic E-state index is 6.43. The third-order valence-corrected chi connectivity index (χ3v) is 4.76. The standard InChI is InChI=1S/C20H17ClN2O/c1-12-19-16(8-9-22-12)18-11-14(21)10-17(20(18)23(19)2)13-4-6-15(24-3)7-5-13/h4-11H,1-3H3. The minimum absolute atomic E-state index is 0.732. The Morgan fingerprint density at radius 2 is 1.75 bits per heavy atom. The van der Waals surface area contributed by atoms with Crippen LogP contribution in [0.5, 0.6) is 5.75 Å². The Morgan fingerprint density at radius 1 is 1.00 bits per heavy atom. The van der Waals surface area contributed by atoms with Crippen LogP contribution < -0.4 is 4.74 Å². The van der Waals surface area contributed by atoms with Crippen LogP contribution >= 0.6 is 11.6 Å². The molecule has 0 aliphatic rings. The topological polar surface area (TPSA) is 27.1 Å². The fraction of sp³-hybridized carbons (Fsp3) is 0.150. The highest BCUT2D eigenvalue weighted by atomic mass is 35.5. The van der Waals surface area contributed by atoms with Crippen molar-refractivity contribution in [3.05, 3.63) is 59.4 Å². The molecule has 0 atom stereocenters. The van der Waals surface area contributed by atoms with E-state index in [1.54, 1.807) is 7.11 Å². The molecule has 0 spiro atoms. The van der Waals surface area contributed by atoms with Crippen LogP contribution in [-0.2, 0) is 7.05 Å². The van der Waals surface area contributed by atoms with Crippen molar-refractivity contribution >= 4 is 33.4 Å². The highest BCUT2D eigenvalue weighted by molar-refractivity contribution is 6.32. The van der Waals surface area contributed by atoms with Crippen LogP contribution in [0, 0.1) is 6.92 Å². The Balaban J connectivity index is 2.12. The number of aryl methyl sites for hydroxylation is 2. The third-order valence-electron chi connectivity index (χ3n) is 4.54. The summed E-state index contributed by atoms with van der Waals surface area (Å²) >= 11 is 6.43. The van der Waals surface area contributed by atoms with Crippen molar-refractivity contribution < 1.29 is 4.74 Å². The number of pyridine rings is 1. The number of halogens is 1. The minimum Gasteiger partial charge on any atom is -0.497 e. The zero-order valence-electron chi connectivity index (χ0n) is 13.8. The smallest absolute Gasteiger partial charge is 0.118 e. The van der Waals surface area contributed by atoms with E-state index in [2.05, 4.69) is 34.8 Å². The van der Waals surface area contributed by atoms with E-state index < -0.39 is 0 Å². The first-order chi connectivity index (χ1) is 11.6. The average molecular weight is 337 g/mol. The molecular weight excluding hydrogens is 320 g/mol. The summed E-state index contributed by atoms with van der Waals surface area (Å²) in [5.41, 5.74) is 5.54. The van der Waals surface area contributed by atoms with Gasteiger partial charge in [0.15, 0.2) is 0 Å². The predicted molar refractivity (Wildman–Crippen MR) is 100.0 cm³/mol. The van der Waals surface area contributed by atoms with Crippen molar-refractivity contribution in [2.45, 2.75) is 6.92 Å². The lowest BCUT2D eigenvalue weighted by molar-refractivity contribution is 0.415. The van der Waals surface area contributed by atoms with Gasteiger partial charge in [-0.05, 0) is 42.8 Å². The molecule has 0 unspecified atom stereocenters. The van der Waals surface area contributed by atoms with Gasteiger partial charge in [-0.3, -0.25) is 4.98 Å². The number of rotatable bonds is 2. The zero-order valence-corrected chi connectivity index (χ0v) is 14.6. The van der Waals surface area contributed by atoms with Gasteiger partial charge in [0, 0.05) is 34.6 Å². The van der Waals surface area contributed by atoms with Crippen molar-refractivity contribution in [2.24, 2.45) is 7.05 Å². The fourth-order valence-electron chi connectivity index (χ4n) is 3.47. The zero-order chi connectivity index (χ0) is 16.8. The molecule has 3 nitrogen and oxygen atoms in total. The van der Waals surface area contributed by atoms with E-state index in [1.165, 1.54) is 5.39 Å². The second-order valence-corrected chi connectivity index (χ2v) is 6.37. The van der Waals surface area contributed by atoms with Crippen molar-refractivity contribution in [2.75, 3.05) is 7.11 Å². The molecule has 0 fully saturated rings. The van der Waals surface area contributed by atoms with Crippen LogP contribution in [0.15, 0.2) is 48.7 Å². The summed E-state index contributed by atoms with van der Waals surface area (Å²) in [4.78, 5) is 4.44. The second-order valence-electron chi connectivity index (χ2n) is 5.93. The van der Waals surface area contributed by atoms with E-state index in [1.807, 2.05) is 37.4 Å². The van der Waals surface area contributed by atoms with E-state index in [-0.39, 0.29) is 0 Å². The molecule has 4 heteroatoms. The van der Waals surface area contributed by atoms with Gasteiger partial charge in [0.25, 0.3) is 0 Å². The van der Waals surface area contributed by atoms with Crippen molar-refractivity contribution in [1.82, 2.24) is 9.55 Å². The maximum Gasteiger partial charge on any atom is 0.118 e.